The van der Waals surface area contributed by atoms with Gasteiger partial charge in [-0.3, -0.25) is 0 Å². The molecule has 0 aliphatic heterocycles. The van der Waals surface area contributed by atoms with E-state index in [4.69, 9.17) is 0 Å². The molecular formula is C19H26Si2. The van der Waals surface area contributed by atoms with Gasteiger partial charge in [-0.1, -0.05) is 86.1 Å². The number of fused-ring (bicyclic) bond motifs is 3. The van der Waals surface area contributed by atoms with Gasteiger partial charge in [0.15, 0.2) is 0 Å². The first-order chi connectivity index (χ1) is 9.66. The fraction of sp³-hybridized carbons (Fsp3) is 0.368. The van der Waals surface area contributed by atoms with Crippen molar-refractivity contribution in [2.24, 2.45) is 0 Å². The van der Waals surface area contributed by atoms with Crippen LogP contribution in [0, 0.1) is 0 Å². The van der Waals surface area contributed by atoms with Crippen LogP contribution >= 0.6 is 0 Å². The zero-order valence-corrected chi connectivity index (χ0v) is 16.2. The Morgan fingerprint density at radius 3 is 1.81 bits per heavy atom. The molecule has 2 heteroatoms. The van der Waals surface area contributed by atoms with Crippen molar-refractivity contribution in [1.82, 2.24) is 0 Å². The van der Waals surface area contributed by atoms with E-state index in [1.165, 1.54) is 22.3 Å². The van der Waals surface area contributed by atoms with E-state index in [0.29, 0.717) is 0 Å². The summed E-state index contributed by atoms with van der Waals surface area (Å²) in [5, 5.41) is 3.16. The van der Waals surface area contributed by atoms with Crippen LogP contribution in [0.25, 0.3) is 11.1 Å². The highest BCUT2D eigenvalue weighted by molar-refractivity contribution is 6.89. The van der Waals surface area contributed by atoms with Gasteiger partial charge in [-0.25, -0.2) is 0 Å². The van der Waals surface area contributed by atoms with Crippen molar-refractivity contribution in [3.8, 4) is 11.1 Å². The van der Waals surface area contributed by atoms with E-state index in [0.717, 1.165) is 6.42 Å². The maximum Gasteiger partial charge on any atom is 0.0776 e. The quantitative estimate of drug-likeness (QED) is 0.617. The first-order valence-electron chi connectivity index (χ1n) is 7.93. The van der Waals surface area contributed by atoms with Gasteiger partial charge < -0.3 is 0 Å². The molecule has 21 heavy (non-hydrogen) atoms. The maximum atomic E-state index is 2.48. The average molecular weight is 311 g/mol. The molecule has 110 valence electrons. The standard InChI is InChI=1S/C19H26Si2/c1-20(2,3)16-9-10-18-15(12-16)11-14-7-8-17(13-19(14)18)21(4,5)6/h7-10,12-13H,11H2,1-6H3. The molecule has 1 aliphatic rings. The Balaban J connectivity index is 2.10. The molecule has 0 saturated carbocycles. The van der Waals surface area contributed by atoms with Gasteiger partial charge >= 0.3 is 0 Å². The Kier molecular flexibility index (Phi) is 3.30. The molecule has 0 spiro atoms. The highest BCUT2D eigenvalue weighted by atomic mass is 28.3. The van der Waals surface area contributed by atoms with Crippen LogP contribution in [0.5, 0.6) is 0 Å². The minimum absolute atomic E-state index is 1.12. The average Bonchev–Trinajstić information content (AvgIpc) is 2.73. The third kappa shape index (κ3) is 2.67. The zero-order chi connectivity index (χ0) is 15.4. The normalized spacial score (nSPS) is 14.0. The van der Waals surface area contributed by atoms with Crippen LogP contribution < -0.4 is 10.4 Å². The summed E-state index contributed by atoms with van der Waals surface area (Å²) in [6.07, 6.45) is 1.12. The minimum Gasteiger partial charge on any atom is -0.0656 e. The van der Waals surface area contributed by atoms with Crippen molar-refractivity contribution in [3.05, 3.63) is 47.5 Å². The van der Waals surface area contributed by atoms with Crippen molar-refractivity contribution >= 4 is 26.5 Å². The number of hydrogen-bond donors (Lipinski definition) is 0. The van der Waals surface area contributed by atoms with Gasteiger partial charge in [-0.15, -0.1) is 0 Å². The van der Waals surface area contributed by atoms with E-state index in [1.807, 2.05) is 0 Å². The van der Waals surface area contributed by atoms with Crippen LogP contribution in [-0.4, -0.2) is 16.1 Å². The first-order valence-corrected chi connectivity index (χ1v) is 14.9. The monoisotopic (exact) mass is 310 g/mol. The van der Waals surface area contributed by atoms with Crippen LogP contribution in [0.4, 0.5) is 0 Å². The molecule has 0 bridgehead atoms. The van der Waals surface area contributed by atoms with Gasteiger partial charge in [0.05, 0.1) is 16.1 Å². The van der Waals surface area contributed by atoms with Crippen molar-refractivity contribution < 1.29 is 0 Å². The molecule has 0 N–H and O–H groups in total. The molecule has 0 saturated heterocycles. The highest BCUT2D eigenvalue weighted by Crippen LogP contribution is 2.36. The number of hydrogen-bond acceptors (Lipinski definition) is 0. The summed E-state index contributed by atoms with van der Waals surface area (Å²) in [5.41, 5.74) is 6.02. The zero-order valence-electron chi connectivity index (χ0n) is 14.2. The molecule has 1 aliphatic carbocycles. The summed E-state index contributed by atoms with van der Waals surface area (Å²) >= 11 is 0. The molecule has 0 fully saturated rings. The Labute approximate surface area is 131 Å². The summed E-state index contributed by atoms with van der Waals surface area (Å²) in [6.45, 7) is 14.6. The second-order valence-electron chi connectivity index (χ2n) is 8.42. The van der Waals surface area contributed by atoms with Crippen LogP contribution in [0.2, 0.25) is 39.3 Å². The Morgan fingerprint density at radius 2 is 1.19 bits per heavy atom. The number of rotatable bonds is 2. The summed E-state index contributed by atoms with van der Waals surface area (Å²) in [4.78, 5) is 0. The van der Waals surface area contributed by atoms with Crippen LogP contribution in [0.15, 0.2) is 36.4 Å². The third-order valence-electron chi connectivity index (χ3n) is 4.62. The van der Waals surface area contributed by atoms with Crippen molar-refractivity contribution in [2.75, 3.05) is 0 Å². The molecule has 0 atom stereocenters. The fourth-order valence-electron chi connectivity index (χ4n) is 3.12. The lowest BCUT2D eigenvalue weighted by atomic mass is 10.1. The van der Waals surface area contributed by atoms with Crippen LogP contribution in [0.1, 0.15) is 11.1 Å². The Bertz CT molecular complexity index is 700. The van der Waals surface area contributed by atoms with E-state index in [1.54, 1.807) is 10.4 Å². The maximum absolute atomic E-state index is 2.48. The first kappa shape index (κ1) is 14.8. The van der Waals surface area contributed by atoms with E-state index < -0.39 is 16.1 Å². The number of benzene rings is 2. The summed E-state index contributed by atoms with van der Waals surface area (Å²) in [6, 6.07) is 14.5. The molecule has 0 heterocycles. The summed E-state index contributed by atoms with van der Waals surface area (Å²) in [5.74, 6) is 0. The predicted octanol–water partition coefficient (Wildman–Crippen LogP) is 4.35. The smallest absolute Gasteiger partial charge is 0.0656 e. The largest absolute Gasteiger partial charge is 0.0776 e. The highest BCUT2D eigenvalue weighted by Gasteiger charge is 2.25. The minimum atomic E-state index is -1.23. The Hall–Kier alpha value is -1.13. The van der Waals surface area contributed by atoms with Gasteiger partial charge in [0.1, 0.15) is 0 Å². The topological polar surface area (TPSA) is 0 Å². The second-order valence-corrected chi connectivity index (χ2v) is 18.6. The predicted molar refractivity (Wildman–Crippen MR) is 101 cm³/mol. The van der Waals surface area contributed by atoms with Gasteiger partial charge in [0, 0.05) is 0 Å². The lowest BCUT2D eigenvalue weighted by Gasteiger charge is -2.18. The van der Waals surface area contributed by atoms with Crippen molar-refractivity contribution in [3.63, 3.8) is 0 Å². The fourth-order valence-corrected chi connectivity index (χ4v) is 5.47. The third-order valence-corrected chi connectivity index (χ3v) is 8.70. The van der Waals surface area contributed by atoms with E-state index in [9.17, 15) is 0 Å². The summed E-state index contributed by atoms with van der Waals surface area (Å²) < 4.78 is 0. The molecule has 0 radical (unpaired) electrons. The van der Waals surface area contributed by atoms with E-state index >= 15 is 0 Å². The Morgan fingerprint density at radius 1 is 0.619 bits per heavy atom. The van der Waals surface area contributed by atoms with E-state index in [-0.39, 0.29) is 0 Å². The lowest BCUT2D eigenvalue weighted by molar-refractivity contribution is 1.27. The van der Waals surface area contributed by atoms with Crippen molar-refractivity contribution in [2.45, 2.75) is 45.7 Å². The van der Waals surface area contributed by atoms with Gasteiger partial charge in [-0.2, -0.15) is 0 Å². The molecule has 0 aromatic heterocycles. The molecular weight excluding hydrogens is 284 g/mol. The van der Waals surface area contributed by atoms with Gasteiger partial charge in [0.25, 0.3) is 0 Å². The van der Waals surface area contributed by atoms with Crippen molar-refractivity contribution in [1.29, 1.82) is 0 Å². The molecule has 0 unspecified atom stereocenters. The molecule has 2 aromatic rings. The van der Waals surface area contributed by atoms with Gasteiger partial charge in [-0.05, 0) is 28.7 Å². The second kappa shape index (κ2) is 4.69. The molecule has 2 aromatic carbocycles. The van der Waals surface area contributed by atoms with Crippen LogP contribution in [-0.2, 0) is 6.42 Å². The van der Waals surface area contributed by atoms with Crippen LogP contribution in [0.3, 0.4) is 0 Å². The SMILES string of the molecule is C[Si](C)(C)c1ccc2c(c1)Cc1ccc([Si](C)(C)C)cc1-2. The summed E-state index contributed by atoms with van der Waals surface area (Å²) in [7, 11) is -2.44. The molecule has 3 rings (SSSR count). The molecule has 0 nitrogen and oxygen atoms in total. The lowest BCUT2D eigenvalue weighted by Crippen LogP contribution is -2.37. The molecule has 0 amide bonds. The van der Waals surface area contributed by atoms with E-state index in [2.05, 4.69) is 75.7 Å². The van der Waals surface area contributed by atoms with Gasteiger partial charge in [0.2, 0.25) is 0 Å².